The molecule has 6 nitrogen and oxygen atoms in total. The number of amides is 1. The third kappa shape index (κ3) is 4.60. The summed E-state index contributed by atoms with van der Waals surface area (Å²) in [5, 5.41) is 7.76. The van der Waals surface area contributed by atoms with Crippen molar-refractivity contribution in [2.45, 2.75) is 32.9 Å². The van der Waals surface area contributed by atoms with Gasteiger partial charge in [0.15, 0.2) is 0 Å². The predicted octanol–water partition coefficient (Wildman–Crippen LogP) is 2.55. The molecule has 0 aliphatic carbocycles. The van der Waals surface area contributed by atoms with Crippen LogP contribution < -0.4 is 5.32 Å². The highest BCUT2D eigenvalue weighted by molar-refractivity contribution is 5.95. The lowest BCUT2D eigenvalue weighted by molar-refractivity contribution is 0.0303. The molecular weight excluding hydrogens is 316 g/mol. The molecule has 1 N–H and O–H groups in total. The molecule has 0 radical (unpaired) electrons. The molecule has 2 heterocycles. The van der Waals surface area contributed by atoms with Crippen molar-refractivity contribution in [2.75, 3.05) is 31.6 Å². The molecule has 25 heavy (non-hydrogen) atoms. The third-order valence-corrected chi connectivity index (χ3v) is 4.54. The number of ether oxygens (including phenoxy) is 1. The van der Waals surface area contributed by atoms with Crippen LogP contribution in [0.3, 0.4) is 0 Å². The quantitative estimate of drug-likeness (QED) is 0.876. The van der Waals surface area contributed by atoms with Gasteiger partial charge in [-0.1, -0.05) is 6.07 Å². The summed E-state index contributed by atoms with van der Waals surface area (Å²) < 4.78 is 7.26. The standard InChI is InChI=1S/C19H26N4O2/c1-15-4-5-17(19(24)22-10-12-25-13-11-22)14-18(15)21-16(2)6-9-23-8-3-7-20-23/h3-5,7-8,14,16,21H,6,9-13H2,1-2H3/t16-/m1/s1. The smallest absolute Gasteiger partial charge is 0.254 e. The van der Waals surface area contributed by atoms with E-state index >= 15 is 0 Å². The van der Waals surface area contributed by atoms with Crippen LogP contribution in [-0.4, -0.2) is 52.9 Å². The molecule has 1 aliphatic rings. The van der Waals surface area contributed by atoms with Crippen LogP contribution in [0.25, 0.3) is 0 Å². The van der Waals surface area contributed by atoms with Crippen molar-refractivity contribution < 1.29 is 9.53 Å². The fraction of sp³-hybridized carbons (Fsp3) is 0.474. The predicted molar refractivity (Wildman–Crippen MR) is 97.8 cm³/mol. The van der Waals surface area contributed by atoms with Crippen LogP contribution in [0, 0.1) is 6.92 Å². The summed E-state index contributed by atoms with van der Waals surface area (Å²) in [7, 11) is 0. The van der Waals surface area contributed by atoms with Gasteiger partial charge in [0.1, 0.15) is 0 Å². The van der Waals surface area contributed by atoms with Crippen LogP contribution in [0.5, 0.6) is 0 Å². The van der Waals surface area contributed by atoms with Crippen molar-refractivity contribution in [1.29, 1.82) is 0 Å². The number of hydrogen-bond acceptors (Lipinski definition) is 4. The Morgan fingerprint density at radius 3 is 2.88 bits per heavy atom. The van der Waals surface area contributed by atoms with E-state index in [0.29, 0.717) is 26.3 Å². The van der Waals surface area contributed by atoms with Crippen molar-refractivity contribution in [1.82, 2.24) is 14.7 Å². The van der Waals surface area contributed by atoms with Gasteiger partial charge in [-0.25, -0.2) is 0 Å². The van der Waals surface area contributed by atoms with E-state index in [1.807, 2.05) is 40.0 Å². The van der Waals surface area contributed by atoms with Crippen LogP contribution in [0.2, 0.25) is 0 Å². The Labute approximate surface area is 148 Å². The number of carbonyl (C=O) groups is 1. The van der Waals surface area contributed by atoms with E-state index in [-0.39, 0.29) is 11.9 Å². The monoisotopic (exact) mass is 342 g/mol. The normalized spacial score (nSPS) is 15.8. The molecule has 1 atom stereocenters. The third-order valence-electron chi connectivity index (χ3n) is 4.54. The fourth-order valence-electron chi connectivity index (χ4n) is 2.96. The van der Waals surface area contributed by atoms with Gasteiger partial charge in [0.05, 0.1) is 13.2 Å². The molecule has 134 valence electrons. The number of benzene rings is 1. The van der Waals surface area contributed by atoms with Crippen molar-refractivity contribution in [3.63, 3.8) is 0 Å². The molecule has 0 spiro atoms. The number of nitrogens with zero attached hydrogens (tertiary/aromatic N) is 3. The number of morpholine rings is 1. The summed E-state index contributed by atoms with van der Waals surface area (Å²) in [4.78, 5) is 14.5. The molecule has 0 saturated carbocycles. The summed E-state index contributed by atoms with van der Waals surface area (Å²) in [5.41, 5.74) is 2.89. The molecule has 1 aromatic heterocycles. The molecule has 1 aliphatic heterocycles. The van der Waals surface area contributed by atoms with Crippen molar-refractivity contribution in [2.24, 2.45) is 0 Å². The second kappa shape index (κ2) is 8.16. The van der Waals surface area contributed by atoms with Crippen molar-refractivity contribution in [3.05, 3.63) is 47.8 Å². The topological polar surface area (TPSA) is 59.4 Å². The molecule has 1 saturated heterocycles. The summed E-state index contributed by atoms with van der Waals surface area (Å²) >= 11 is 0. The number of carbonyl (C=O) groups excluding carboxylic acids is 1. The number of anilines is 1. The first-order chi connectivity index (χ1) is 12.1. The van der Waals surface area contributed by atoms with Gasteiger partial charge in [0, 0.05) is 49.3 Å². The van der Waals surface area contributed by atoms with Gasteiger partial charge in [-0.05, 0) is 44.0 Å². The number of hydrogen-bond donors (Lipinski definition) is 1. The van der Waals surface area contributed by atoms with E-state index < -0.39 is 0 Å². The molecule has 2 aromatic rings. The summed E-state index contributed by atoms with van der Waals surface area (Å²) in [6.45, 7) is 7.64. The van der Waals surface area contributed by atoms with Crippen molar-refractivity contribution in [3.8, 4) is 0 Å². The van der Waals surface area contributed by atoms with E-state index in [2.05, 4.69) is 24.3 Å². The minimum Gasteiger partial charge on any atom is -0.382 e. The largest absolute Gasteiger partial charge is 0.382 e. The number of rotatable bonds is 6. The number of aromatic nitrogens is 2. The van der Waals surface area contributed by atoms with Gasteiger partial charge in [0.2, 0.25) is 0 Å². The van der Waals surface area contributed by atoms with E-state index in [0.717, 1.165) is 29.8 Å². The minimum absolute atomic E-state index is 0.0792. The average molecular weight is 342 g/mol. The summed E-state index contributed by atoms with van der Waals surface area (Å²) in [5.74, 6) is 0.0792. The zero-order valence-electron chi connectivity index (χ0n) is 14.9. The van der Waals surface area contributed by atoms with Crippen LogP contribution >= 0.6 is 0 Å². The lowest BCUT2D eigenvalue weighted by atomic mass is 10.1. The molecule has 1 fully saturated rings. The second-order valence-electron chi connectivity index (χ2n) is 6.54. The Balaban J connectivity index is 1.63. The minimum atomic E-state index is 0.0792. The number of nitrogens with one attached hydrogen (secondary N) is 1. The van der Waals surface area contributed by atoms with Gasteiger partial charge in [-0.2, -0.15) is 5.10 Å². The first-order valence-corrected chi connectivity index (χ1v) is 8.85. The number of aryl methyl sites for hydroxylation is 2. The highest BCUT2D eigenvalue weighted by Crippen LogP contribution is 2.20. The van der Waals surface area contributed by atoms with Gasteiger partial charge in [0.25, 0.3) is 5.91 Å². The maximum Gasteiger partial charge on any atom is 0.254 e. The molecule has 0 bridgehead atoms. The van der Waals surface area contributed by atoms with Gasteiger partial charge in [-0.3, -0.25) is 9.48 Å². The highest BCUT2D eigenvalue weighted by Gasteiger charge is 2.19. The molecule has 3 rings (SSSR count). The first-order valence-electron chi connectivity index (χ1n) is 8.85. The molecule has 0 unspecified atom stereocenters. The van der Waals surface area contributed by atoms with Gasteiger partial charge in [-0.15, -0.1) is 0 Å². The van der Waals surface area contributed by atoms with Crippen LogP contribution in [0.15, 0.2) is 36.7 Å². The Hall–Kier alpha value is -2.34. The van der Waals surface area contributed by atoms with E-state index in [1.54, 1.807) is 6.20 Å². The van der Waals surface area contributed by atoms with E-state index in [9.17, 15) is 4.79 Å². The fourth-order valence-corrected chi connectivity index (χ4v) is 2.96. The molecule has 1 aromatic carbocycles. The Morgan fingerprint density at radius 2 is 2.16 bits per heavy atom. The Morgan fingerprint density at radius 1 is 1.36 bits per heavy atom. The van der Waals surface area contributed by atoms with Crippen LogP contribution in [-0.2, 0) is 11.3 Å². The first kappa shape index (κ1) is 17.5. The average Bonchev–Trinajstić information content (AvgIpc) is 3.15. The zero-order chi connectivity index (χ0) is 17.6. The lowest BCUT2D eigenvalue weighted by Crippen LogP contribution is -2.40. The highest BCUT2D eigenvalue weighted by atomic mass is 16.5. The molecule has 6 heteroatoms. The summed E-state index contributed by atoms with van der Waals surface area (Å²) in [6, 6.07) is 8.11. The molecular formula is C19H26N4O2. The zero-order valence-corrected chi connectivity index (χ0v) is 14.9. The van der Waals surface area contributed by atoms with Gasteiger partial charge < -0.3 is 15.0 Å². The van der Waals surface area contributed by atoms with E-state index in [1.165, 1.54) is 0 Å². The Kier molecular flexibility index (Phi) is 5.71. The second-order valence-corrected chi connectivity index (χ2v) is 6.54. The Bertz CT molecular complexity index is 693. The van der Waals surface area contributed by atoms with Crippen molar-refractivity contribution >= 4 is 11.6 Å². The molecule has 1 amide bonds. The maximum atomic E-state index is 12.7. The summed E-state index contributed by atoms with van der Waals surface area (Å²) in [6.07, 6.45) is 4.73. The van der Waals surface area contributed by atoms with Gasteiger partial charge >= 0.3 is 0 Å². The van der Waals surface area contributed by atoms with E-state index in [4.69, 9.17) is 4.74 Å². The maximum absolute atomic E-state index is 12.7. The SMILES string of the molecule is Cc1ccc(C(=O)N2CCOCC2)cc1N[C@H](C)CCn1cccn1. The van der Waals surface area contributed by atoms with Crippen LogP contribution in [0.1, 0.15) is 29.3 Å². The van der Waals surface area contributed by atoms with Crippen LogP contribution in [0.4, 0.5) is 5.69 Å². The lowest BCUT2D eigenvalue weighted by Gasteiger charge is -2.27.